The summed E-state index contributed by atoms with van der Waals surface area (Å²) < 4.78 is 0. The molecule has 1 saturated heterocycles. The molecule has 2 aliphatic carbocycles. The monoisotopic (exact) mass is 341 g/mol. The minimum absolute atomic E-state index is 0.0724. The SMILES string of the molecule is O=C(Nc1cccc(C(=O)N2CCC(NCC3CC3)CC2)c1)C1CC1. The molecule has 5 nitrogen and oxygen atoms in total. The van der Waals surface area contributed by atoms with Crippen LogP contribution in [0, 0.1) is 11.8 Å². The topological polar surface area (TPSA) is 61.4 Å². The molecule has 0 atom stereocenters. The minimum Gasteiger partial charge on any atom is -0.339 e. The Labute approximate surface area is 149 Å². The average molecular weight is 341 g/mol. The minimum atomic E-state index is 0.0724. The van der Waals surface area contributed by atoms with Gasteiger partial charge < -0.3 is 15.5 Å². The quantitative estimate of drug-likeness (QED) is 0.836. The highest BCUT2D eigenvalue weighted by molar-refractivity contribution is 5.98. The highest BCUT2D eigenvalue weighted by Crippen LogP contribution is 2.30. The standard InChI is InChI=1S/C20H27N3O2/c24-19(15-6-7-15)22-18-3-1-2-16(12-18)20(25)23-10-8-17(9-11-23)21-13-14-4-5-14/h1-3,12,14-15,17,21H,4-11,13H2,(H,22,24). The summed E-state index contributed by atoms with van der Waals surface area (Å²) in [5.74, 6) is 1.21. The van der Waals surface area contributed by atoms with Crippen LogP contribution in [-0.2, 0) is 4.79 Å². The summed E-state index contributed by atoms with van der Waals surface area (Å²) in [4.78, 5) is 26.6. The molecule has 2 saturated carbocycles. The maximum absolute atomic E-state index is 12.8. The van der Waals surface area contributed by atoms with Crippen LogP contribution in [0.2, 0.25) is 0 Å². The van der Waals surface area contributed by atoms with Crippen molar-refractivity contribution in [1.29, 1.82) is 0 Å². The van der Waals surface area contributed by atoms with Crippen molar-refractivity contribution < 1.29 is 9.59 Å². The number of anilines is 1. The Morgan fingerprint density at radius 2 is 1.80 bits per heavy atom. The predicted octanol–water partition coefficient (Wildman–Crippen LogP) is 2.64. The fourth-order valence-electron chi connectivity index (χ4n) is 3.44. The number of rotatable bonds is 6. The number of carbonyl (C=O) groups is 2. The van der Waals surface area contributed by atoms with Crippen LogP contribution in [0.1, 0.15) is 48.9 Å². The Kier molecular flexibility index (Phi) is 4.75. The molecule has 1 heterocycles. The number of hydrogen-bond donors (Lipinski definition) is 2. The van der Waals surface area contributed by atoms with Crippen molar-refractivity contribution in [2.75, 3.05) is 25.0 Å². The summed E-state index contributed by atoms with van der Waals surface area (Å²) in [7, 11) is 0. The Bertz CT molecular complexity index is 644. The van der Waals surface area contributed by atoms with E-state index in [1.807, 2.05) is 23.1 Å². The third-order valence-corrected chi connectivity index (χ3v) is 5.50. The van der Waals surface area contributed by atoms with Gasteiger partial charge in [0.1, 0.15) is 0 Å². The third-order valence-electron chi connectivity index (χ3n) is 5.50. The van der Waals surface area contributed by atoms with Gasteiger partial charge in [-0.15, -0.1) is 0 Å². The third kappa shape index (κ3) is 4.40. The highest BCUT2D eigenvalue weighted by atomic mass is 16.2. The lowest BCUT2D eigenvalue weighted by Gasteiger charge is -2.32. The molecular weight excluding hydrogens is 314 g/mol. The van der Waals surface area contributed by atoms with E-state index in [1.165, 1.54) is 12.8 Å². The van der Waals surface area contributed by atoms with Crippen molar-refractivity contribution in [2.45, 2.75) is 44.6 Å². The number of nitrogens with one attached hydrogen (secondary N) is 2. The van der Waals surface area contributed by atoms with E-state index >= 15 is 0 Å². The second-order valence-electron chi connectivity index (χ2n) is 7.76. The molecular formula is C20H27N3O2. The lowest BCUT2D eigenvalue weighted by atomic mass is 10.0. The summed E-state index contributed by atoms with van der Waals surface area (Å²) in [6.45, 7) is 2.75. The van der Waals surface area contributed by atoms with Crippen LogP contribution in [-0.4, -0.2) is 42.4 Å². The number of piperidine rings is 1. The molecule has 2 N–H and O–H groups in total. The van der Waals surface area contributed by atoms with Crippen molar-refractivity contribution in [1.82, 2.24) is 10.2 Å². The zero-order valence-electron chi connectivity index (χ0n) is 14.7. The maximum Gasteiger partial charge on any atom is 0.253 e. The summed E-state index contributed by atoms with van der Waals surface area (Å²) in [6, 6.07) is 7.89. The van der Waals surface area contributed by atoms with Crippen molar-refractivity contribution in [3.05, 3.63) is 29.8 Å². The lowest BCUT2D eigenvalue weighted by Crippen LogP contribution is -2.45. The van der Waals surface area contributed by atoms with E-state index in [-0.39, 0.29) is 17.7 Å². The summed E-state index contributed by atoms with van der Waals surface area (Å²) in [6.07, 6.45) is 6.76. The smallest absolute Gasteiger partial charge is 0.253 e. The van der Waals surface area contributed by atoms with Crippen LogP contribution >= 0.6 is 0 Å². The second-order valence-corrected chi connectivity index (χ2v) is 7.76. The average Bonchev–Trinajstić information content (AvgIpc) is 3.53. The normalized spacial score (nSPS) is 21.2. The van der Waals surface area contributed by atoms with Gasteiger partial charge >= 0.3 is 0 Å². The number of amides is 2. The lowest BCUT2D eigenvalue weighted by molar-refractivity contribution is -0.117. The zero-order chi connectivity index (χ0) is 17.2. The van der Waals surface area contributed by atoms with Crippen LogP contribution in [0.5, 0.6) is 0 Å². The first-order valence-electron chi connectivity index (χ1n) is 9.62. The Balaban J connectivity index is 1.30. The van der Waals surface area contributed by atoms with E-state index in [1.54, 1.807) is 6.07 Å². The van der Waals surface area contributed by atoms with Crippen LogP contribution in [0.25, 0.3) is 0 Å². The van der Waals surface area contributed by atoms with Gasteiger partial charge in [0.2, 0.25) is 5.91 Å². The Morgan fingerprint density at radius 3 is 2.48 bits per heavy atom. The zero-order valence-corrected chi connectivity index (χ0v) is 14.7. The molecule has 4 rings (SSSR count). The number of carbonyl (C=O) groups excluding carboxylic acids is 2. The van der Waals surface area contributed by atoms with Gasteiger partial charge in [0.25, 0.3) is 5.91 Å². The molecule has 25 heavy (non-hydrogen) atoms. The molecule has 0 spiro atoms. The van der Waals surface area contributed by atoms with Crippen molar-refractivity contribution >= 4 is 17.5 Å². The van der Waals surface area contributed by atoms with Gasteiger partial charge in [0.05, 0.1) is 0 Å². The molecule has 3 fully saturated rings. The molecule has 0 radical (unpaired) electrons. The van der Waals surface area contributed by atoms with Gasteiger partial charge in [-0.25, -0.2) is 0 Å². The number of nitrogens with zero attached hydrogens (tertiary/aromatic N) is 1. The van der Waals surface area contributed by atoms with Crippen LogP contribution in [0.4, 0.5) is 5.69 Å². The summed E-state index contributed by atoms with van der Waals surface area (Å²) >= 11 is 0. The van der Waals surface area contributed by atoms with Gasteiger partial charge in [0, 0.05) is 36.3 Å². The van der Waals surface area contributed by atoms with Gasteiger partial charge in [-0.1, -0.05) is 6.07 Å². The van der Waals surface area contributed by atoms with Gasteiger partial charge in [0.15, 0.2) is 0 Å². The van der Waals surface area contributed by atoms with Crippen LogP contribution in [0.3, 0.4) is 0 Å². The van der Waals surface area contributed by atoms with Crippen molar-refractivity contribution in [2.24, 2.45) is 11.8 Å². The van der Waals surface area contributed by atoms with Gasteiger partial charge in [-0.3, -0.25) is 9.59 Å². The summed E-state index contributed by atoms with van der Waals surface area (Å²) in [5.41, 5.74) is 1.39. The predicted molar refractivity (Wildman–Crippen MR) is 97.4 cm³/mol. The molecule has 1 aromatic rings. The first kappa shape index (κ1) is 16.6. The van der Waals surface area contributed by atoms with Crippen LogP contribution in [0.15, 0.2) is 24.3 Å². The fraction of sp³-hybridized carbons (Fsp3) is 0.600. The number of benzene rings is 1. The molecule has 0 aromatic heterocycles. The Morgan fingerprint density at radius 1 is 1.04 bits per heavy atom. The van der Waals surface area contributed by atoms with Gasteiger partial charge in [-0.05, 0) is 69.2 Å². The van der Waals surface area contributed by atoms with E-state index in [4.69, 9.17) is 0 Å². The molecule has 2 amide bonds. The van der Waals surface area contributed by atoms with E-state index in [0.29, 0.717) is 11.6 Å². The molecule has 5 heteroatoms. The summed E-state index contributed by atoms with van der Waals surface area (Å²) in [5, 5.41) is 6.57. The van der Waals surface area contributed by atoms with Crippen molar-refractivity contribution in [3.8, 4) is 0 Å². The first-order chi connectivity index (χ1) is 12.2. The molecule has 0 unspecified atom stereocenters. The molecule has 1 aliphatic heterocycles. The molecule has 0 bridgehead atoms. The van der Waals surface area contributed by atoms with Gasteiger partial charge in [-0.2, -0.15) is 0 Å². The van der Waals surface area contributed by atoms with E-state index < -0.39 is 0 Å². The first-order valence-corrected chi connectivity index (χ1v) is 9.62. The number of hydrogen-bond acceptors (Lipinski definition) is 3. The second kappa shape index (κ2) is 7.16. The molecule has 134 valence electrons. The highest BCUT2D eigenvalue weighted by Gasteiger charge is 2.30. The van der Waals surface area contributed by atoms with Crippen molar-refractivity contribution in [3.63, 3.8) is 0 Å². The molecule has 1 aromatic carbocycles. The van der Waals surface area contributed by atoms with E-state index in [0.717, 1.165) is 56.9 Å². The Hall–Kier alpha value is -1.88. The fourth-order valence-corrected chi connectivity index (χ4v) is 3.44. The largest absolute Gasteiger partial charge is 0.339 e. The van der Waals surface area contributed by atoms with Crippen LogP contribution < -0.4 is 10.6 Å². The maximum atomic E-state index is 12.8. The van der Waals surface area contributed by atoms with E-state index in [2.05, 4.69) is 10.6 Å². The number of likely N-dealkylation sites (tertiary alicyclic amines) is 1. The molecule has 3 aliphatic rings. The van der Waals surface area contributed by atoms with E-state index in [9.17, 15) is 9.59 Å².